The van der Waals surface area contributed by atoms with Gasteiger partial charge in [-0.3, -0.25) is 4.79 Å². The molecule has 0 radical (unpaired) electrons. The van der Waals surface area contributed by atoms with E-state index >= 15 is 0 Å². The van der Waals surface area contributed by atoms with Crippen LogP contribution in [0.5, 0.6) is 0 Å². The summed E-state index contributed by atoms with van der Waals surface area (Å²) in [6.07, 6.45) is 0.926. The van der Waals surface area contributed by atoms with Crippen molar-refractivity contribution in [2.24, 2.45) is 5.92 Å². The molecule has 0 aromatic heterocycles. The fourth-order valence-electron chi connectivity index (χ4n) is 2.83. The molecule has 0 aliphatic carbocycles. The number of esters is 1. The van der Waals surface area contributed by atoms with Crippen LogP contribution in [-0.4, -0.2) is 30.2 Å². The average Bonchev–Trinajstić information content (AvgIpc) is 2.76. The Bertz CT molecular complexity index is 905. The van der Waals surface area contributed by atoms with E-state index in [9.17, 15) is 19.5 Å². The summed E-state index contributed by atoms with van der Waals surface area (Å²) in [6.45, 7) is 3.39. The quantitative estimate of drug-likeness (QED) is 0.501. The summed E-state index contributed by atoms with van der Waals surface area (Å²) >= 11 is 0. The van der Waals surface area contributed by atoms with Crippen molar-refractivity contribution < 1.29 is 29.0 Å². The van der Waals surface area contributed by atoms with Crippen LogP contribution < -0.4 is 5.32 Å². The molecule has 2 atom stereocenters. The van der Waals surface area contributed by atoms with Crippen LogP contribution in [0.25, 0.3) is 0 Å². The minimum atomic E-state index is -0.971. The predicted molar refractivity (Wildman–Crippen MR) is 111 cm³/mol. The Morgan fingerprint density at radius 2 is 1.70 bits per heavy atom. The molecule has 7 nitrogen and oxygen atoms in total. The van der Waals surface area contributed by atoms with E-state index in [1.54, 1.807) is 44.2 Å². The first-order chi connectivity index (χ1) is 14.3. The molecule has 30 heavy (non-hydrogen) atoms. The first kappa shape index (κ1) is 22.7. The minimum absolute atomic E-state index is 0.106. The first-order valence-electron chi connectivity index (χ1n) is 9.38. The second-order valence-electron chi connectivity index (χ2n) is 6.79. The van der Waals surface area contributed by atoms with Crippen molar-refractivity contribution in [1.82, 2.24) is 5.32 Å². The van der Waals surface area contributed by atoms with Gasteiger partial charge < -0.3 is 19.9 Å². The summed E-state index contributed by atoms with van der Waals surface area (Å²) in [4.78, 5) is 35.3. The number of alkyl carbamates (subject to hydrolysis) is 1. The molecule has 0 aliphatic rings. The largest absolute Gasteiger partial charge is 0.481 e. The van der Waals surface area contributed by atoms with Gasteiger partial charge in [-0.2, -0.15) is 0 Å². The maximum absolute atomic E-state index is 12.4. The molecule has 0 fully saturated rings. The molecule has 0 aliphatic heterocycles. The molecule has 0 heterocycles. The molecule has 2 aromatic carbocycles. The van der Waals surface area contributed by atoms with Crippen LogP contribution in [0.15, 0.2) is 66.2 Å². The lowest BCUT2D eigenvalue weighted by Gasteiger charge is -2.21. The van der Waals surface area contributed by atoms with Crippen molar-refractivity contribution in [3.63, 3.8) is 0 Å². The first-order valence-corrected chi connectivity index (χ1v) is 9.38. The molecule has 0 spiro atoms. The highest BCUT2D eigenvalue weighted by Gasteiger charge is 2.20. The number of aliphatic carboxylic acids is 1. The van der Waals surface area contributed by atoms with Gasteiger partial charge in [0.25, 0.3) is 0 Å². The highest BCUT2D eigenvalue weighted by Crippen LogP contribution is 2.24. The Labute approximate surface area is 175 Å². The van der Waals surface area contributed by atoms with Gasteiger partial charge in [-0.25, -0.2) is 9.59 Å². The zero-order valence-corrected chi connectivity index (χ0v) is 17.1. The molecule has 158 valence electrons. The highest BCUT2D eigenvalue weighted by atomic mass is 16.5. The number of hydrogen-bond donors (Lipinski definition) is 2. The van der Waals surface area contributed by atoms with Crippen LogP contribution in [0, 0.1) is 5.92 Å². The van der Waals surface area contributed by atoms with Gasteiger partial charge in [0.05, 0.1) is 24.6 Å². The third-order valence-corrected chi connectivity index (χ3v) is 4.50. The van der Waals surface area contributed by atoms with Gasteiger partial charge in [0.1, 0.15) is 6.61 Å². The van der Waals surface area contributed by atoms with E-state index in [1.807, 2.05) is 30.3 Å². The van der Waals surface area contributed by atoms with Gasteiger partial charge in [-0.05, 0) is 42.7 Å². The molecule has 2 rings (SSSR count). The standard InChI is InChI=1S/C23H25NO6/c1-15(13-16(2)21(25)26)20(18-9-11-19(12-10-18)22(27)29-3)24-23(28)30-14-17-7-5-4-6-8-17/h4-13,16,20H,14H2,1-3H3,(H,24,28)(H,25,26)/b15-13+/t16-,20?/m1/s1. The third-order valence-electron chi connectivity index (χ3n) is 4.50. The number of carbonyl (C=O) groups excluding carboxylic acids is 2. The van der Waals surface area contributed by atoms with Crippen LogP contribution in [0.4, 0.5) is 4.79 Å². The maximum atomic E-state index is 12.4. The number of nitrogens with one attached hydrogen (secondary N) is 1. The van der Waals surface area contributed by atoms with Gasteiger partial charge in [-0.15, -0.1) is 0 Å². The molecule has 1 amide bonds. The zero-order valence-electron chi connectivity index (χ0n) is 17.1. The number of rotatable bonds is 8. The molecule has 0 bridgehead atoms. The van der Waals surface area contributed by atoms with E-state index < -0.39 is 30.0 Å². The van der Waals surface area contributed by atoms with E-state index in [2.05, 4.69) is 5.32 Å². The number of amides is 1. The van der Waals surface area contributed by atoms with Crippen LogP contribution in [0.1, 0.15) is 41.4 Å². The zero-order chi connectivity index (χ0) is 22.1. The molecular weight excluding hydrogens is 386 g/mol. The lowest BCUT2D eigenvalue weighted by molar-refractivity contribution is -0.139. The summed E-state index contributed by atoms with van der Waals surface area (Å²) in [5.41, 5.74) is 2.52. The normalized spacial score (nSPS) is 13.1. The van der Waals surface area contributed by atoms with Crippen LogP contribution in [0.3, 0.4) is 0 Å². The van der Waals surface area contributed by atoms with Gasteiger partial charge in [0.2, 0.25) is 0 Å². The van der Waals surface area contributed by atoms with Gasteiger partial charge in [-0.1, -0.05) is 48.5 Å². The molecule has 7 heteroatoms. The van der Waals surface area contributed by atoms with Crippen molar-refractivity contribution >= 4 is 18.0 Å². The Morgan fingerprint density at radius 1 is 1.07 bits per heavy atom. The highest BCUT2D eigenvalue weighted by molar-refractivity contribution is 5.89. The van der Waals surface area contributed by atoms with E-state index in [-0.39, 0.29) is 6.61 Å². The number of carboxylic acids is 1. The van der Waals surface area contributed by atoms with Crippen molar-refractivity contribution in [1.29, 1.82) is 0 Å². The van der Waals surface area contributed by atoms with Crippen LogP contribution in [0.2, 0.25) is 0 Å². The number of benzene rings is 2. The monoisotopic (exact) mass is 411 g/mol. The lowest BCUT2D eigenvalue weighted by atomic mass is 9.96. The SMILES string of the molecule is COC(=O)c1ccc(C(NC(=O)OCc2ccccc2)/C(C)=C/[C@@H](C)C(=O)O)cc1. The van der Waals surface area contributed by atoms with E-state index in [0.29, 0.717) is 16.7 Å². The number of carbonyl (C=O) groups is 3. The Kier molecular flexibility index (Phi) is 8.17. The van der Waals surface area contributed by atoms with Crippen molar-refractivity contribution in [2.75, 3.05) is 7.11 Å². The summed E-state index contributed by atoms with van der Waals surface area (Å²) in [5, 5.41) is 12.0. The van der Waals surface area contributed by atoms with E-state index in [0.717, 1.165) is 5.56 Å². The Balaban J connectivity index is 2.21. The topological polar surface area (TPSA) is 102 Å². The second-order valence-corrected chi connectivity index (χ2v) is 6.79. The van der Waals surface area contributed by atoms with Crippen LogP contribution >= 0.6 is 0 Å². The summed E-state index contributed by atoms with van der Waals surface area (Å²) in [5.74, 6) is -2.18. The third kappa shape index (κ3) is 6.48. The average molecular weight is 411 g/mol. The van der Waals surface area contributed by atoms with Gasteiger partial charge in [0.15, 0.2) is 0 Å². The molecule has 2 N–H and O–H groups in total. The molecule has 2 aromatic rings. The van der Waals surface area contributed by atoms with Crippen LogP contribution in [-0.2, 0) is 20.9 Å². The predicted octanol–water partition coefficient (Wildman–Crippen LogP) is 4.11. The summed E-state index contributed by atoms with van der Waals surface area (Å²) < 4.78 is 9.99. The maximum Gasteiger partial charge on any atom is 0.408 e. The Morgan fingerprint density at radius 3 is 2.27 bits per heavy atom. The molecule has 1 unspecified atom stereocenters. The molecule has 0 saturated carbocycles. The van der Waals surface area contributed by atoms with Crippen molar-refractivity contribution in [3.05, 3.63) is 82.9 Å². The molecular formula is C23H25NO6. The summed E-state index contributed by atoms with van der Waals surface area (Å²) in [6, 6.07) is 15.2. The smallest absolute Gasteiger partial charge is 0.408 e. The fourth-order valence-corrected chi connectivity index (χ4v) is 2.83. The van der Waals surface area contributed by atoms with Gasteiger partial charge >= 0.3 is 18.0 Å². The minimum Gasteiger partial charge on any atom is -0.481 e. The van der Waals surface area contributed by atoms with Crippen molar-refractivity contribution in [2.45, 2.75) is 26.5 Å². The second kappa shape index (κ2) is 10.8. The summed E-state index contributed by atoms with van der Waals surface area (Å²) in [7, 11) is 1.30. The fraction of sp³-hybridized carbons (Fsp3) is 0.261. The van der Waals surface area contributed by atoms with Crippen molar-refractivity contribution in [3.8, 4) is 0 Å². The number of ether oxygens (including phenoxy) is 2. The Hall–Kier alpha value is -3.61. The number of carboxylic acid groups (broad SMARTS) is 1. The molecule has 0 saturated heterocycles. The van der Waals surface area contributed by atoms with E-state index in [1.165, 1.54) is 7.11 Å². The number of methoxy groups -OCH3 is 1. The number of hydrogen-bond acceptors (Lipinski definition) is 5. The van der Waals surface area contributed by atoms with Gasteiger partial charge in [0, 0.05) is 0 Å². The lowest BCUT2D eigenvalue weighted by Crippen LogP contribution is -2.30. The van der Waals surface area contributed by atoms with E-state index in [4.69, 9.17) is 9.47 Å².